The Labute approximate surface area is 117 Å². The molecule has 0 bridgehead atoms. The molecule has 1 aliphatic rings. The summed E-state index contributed by atoms with van der Waals surface area (Å²) in [5.74, 6) is -6.57. The molecule has 5 nitrogen and oxygen atoms in total. The first kappa shape index (κ1) is 15.3. The lowest BCUT2D eigenvalue weighted by Gasteiger charge is -2.47. The van der Waals surface area contributed by atoms with Crippen molar-refractivity contribution >= 4 is 11.9 Å². The standard InChI is InChI=1S/C13H12F3NO4/c1-13(21-4-9(18)19)5-17(6-13)12(20)7-2-3-8(14)11(16)10(7)15/h2-3H,4-6H2,1H3,(H,18,19). The summed E-state index contributed by atoms with van der Waals surface area (Å²) in [5, 5.41) is 8.51. The minimum atomic E-state index is -1.70. The smallest absolute Gasteiger partial charge is 0.329 e. The number of carbonyl (C=O) groups is 2. The zero-order valence-corrected chi connectivity index (χ0v) is 11.0. The van der Waals surface area contributed by atoms with Crippen LogP contribution < -0.4 is 0 Å². The van der Waals surface area contributed by atoms with Crippen LogP contribution in [0.3, 0.4) is 0 Å². The fraction of sp³-hybridized carbons (Fsp3) is 0.385. The maximum atomic E-state index is 13.5. The molecule has 114 valence electrons. The third-order valence-corrected chi connectivity index (χ3v) is 3.15. The number of amides is 1. The van der Waals surface area contributed by atoms with Crippen molar-refractivity contribution in [2.45, 2.75) is 12.5 Å². The fourth-order valence-electron chi connectivity index (χ4n) is 2.09. The van der Waals surface area contributed by atoms with Crippen LogP contribution in [0.4, 0.5) is 13.2 Å². The van der Waals surface area contributed by atoms with Gasteiger partial charge in [0.1, 0.15) is 12.2 Å². The second-order valence-corrected chi connectivity index (χ2v) is 5.02. The molecule has 0 aromatic heterocycles. The number of ether oxygens (including phenoxy) is 1. The summed E-state index contributed by atoms with van der Waals surface area (Å²) in [7, 11) is 0. The van der Waals surface area contributed by atoms with Crippen LogP contribution >= 0.6 is 0 Å². The normalized spacial score (nSPS) is 16.5. The van der Waals surface area contributed by atoms with E-state index < -0.39 is 47.1 Å². The van der Waals surface area contributed by atoms with Gasteiger partial charge in [-0.2, -0.15) is 0 Å². The Hall–Kier alpha value is -2.09. The predicted octanol–water partition coefficient (Wildman–Crippen LogP) is 1.42. The third-order valence-electron chi connectivity index (χ3n) is 3.15. The third kappa shape index (κ3) is 2.99. The minimum Gasteiger partial charge on any atom is -0.480 e. The zero-order valence-electron chi connectivity index (χ0n) is 11.0. The molecule has 0 saturated carbocycles. The maximum Gasteiger partial charge on any atom is 0.329 e. The van der Waals surface area contributed by atoms with Gasteiger partial charge in [0.05, 0.1) is 18.7 Å². The molecule has 8 heteroatoms. The second-order valence-electron chi connectivity index (χ2n) is 5.02. The maximum absolute atomic E-state index is 13.5. The summed E-state index contributed by atoms with van der Waals surface area (Å²) < 4.78 is 44.5. The van der Waals surface area contributed by atoms with E-state index in [4.69, 9.17) is 9.84 Å². The van der Waals surface area contributed by atoms with Gasteiger partial charge in [0, 0.05) is 0 Å². The Morgan fingerprint density at radius 3 is 2.48 bits per heavy atom. The molecule has 1 fully saturated rings. The summed E-state index contributed by atoms with van der Waals surface area (Å²) in [4.78, 5) is 23.5. The Balaban J connectivity index is 2.04. The SMILES string of the molecule is CC1(OCC(=O)O)CN(C(=O)c2ccc(F)c(F)c2F)C1. The summed E-state index contributed by atoms with van der Waals surface area (Å²) in [6, 6.07) is 1.54. The highest BCUT2D eigenvalue weighted by molar-refractivity contribution is 5.95. The van der Waals surface area contributed by atoms with E-state index in [9.17, 15) is 22.8 Å². The van der Waals surface area contributed by atoms with Crippen LogP contribution in [0.2, 0.25) is 0 Å². The molecule has 0 aliphatic carbocycles. The van der Waals surface area contributed by atoms with E-state index in [2.05, 4.69) is 0 Å². The highest BCUT2D eigenvalue weighted by Crippen LogP contribution is 2.27. The van der Waals surface area contributed by atoms with Crippen molar-refractivity contribution in [3.8, 4) is 0 Å². The summed E-state index contributed by atoms with van der Waals surface area (Å²) in [5.41, 5.74) is -1.42. The van der Waals surface area contributed by atoms with Crippen LogP contribution in [0, 0.1) is 17.5 Å². The molecule has 1 amide bonds. The molecule has 1 aromatic carbocycles. The molecule has 0 radical (unpaired) electrons. The number of aliphatic carboxylic acids is 1. The van der Waals surface area contributed by atoms with E-state index in [0.29, 0.717) is 6.07 Å². The van der Waals surface area contributed by atoms with Crippen molar-refractivity contribution in [1.29, 1.82) is 0 Å². The van der Waals surface area contributed by atoms with Gasteiger partial charge in [-0.05, 0) is 19.1 Å². The van der Waals surface area contributed by atoms with Crippen LogP contribution in [0.1, 0.15) is 17.3 Å². The van der Waals surface area contributed by atoms with Crippen LogP contribution in [0.5, 0.6) is 0 Å². The van der Waals surface area contributed by atoms with Crippen molar-refractivity contribution in [2.24, 2.45) is 0 Å². The van der Waals surface area contributed by atoms with Crippen molar-refractivity contribution in [3.05, 3.63) is 35.1 Å². The highest BCUT2D eigenvalue weighted by Gasteiger charge is 2.43. The molecule has 1 heterocycles. The number of carbonyl (C=O) groups excluding carboxylic acids is 1. The molecule has 0 spiro atoms. The molecule has 2 rings (SSSR count). The molecule has 21 heavy (non-hydrogen) atoms. The lowest BCUT2D eigenvalue weighted by molar-refractivity contribution is -0.159. The minimum absolute atomic E-state index is 0.0392. The lowest BCUT2D eigenvalue weighted by atomic mass is 9.95. The predicted molar refractivity (Wildman–Crippen MR) is 64.2 cm³/mol. The Bertz CT molecular complexity index is 599. The van der Waals surface area contributed by atoms with Gasteiger partial charge in [0.25, 0.3) is 5.91 Å². The number of benzene rings is 1. The second kappa shape index (κ2) is 5.36. The largest absolute Gasteiger partial charge is 0.480 e. The Kier molecular flexibility index (Phi) is 3.91. The molecule has 0 atom stereocenters. The van der Waals surface area contributed by atoms with Gasteiger partial charge < -0.3 is 14.7 Å². The number of hydrogen-bond acceptors (Lipinski definition) is 3. The van der Waals surface area contributed by atoms with Crippen LogP contribution in [-0.4, -0.2) is 47.2 Å². The number of carboxylic acid groups (broad SMARTS) is 1. The lowest BCUT2D eigenvalue weighted by Crippen LogP contribution is -2.63. The highest BCUT2D eigenvalue weighted by atomic mass is 19.2. The molecular weight excluding hydrogens is 291 g/mol. The molecule has 0 unspecified atom stereocenters. The van der Waals surface area contributed by atoms with Gasteiger partial charge in [-0.3, -0.25) is 4.79 Å². The van der Waals surface area contributed by atoms with Gasteiger partial charge in [-0.25, -0.2) is 18.0 Å². The van der Waals surface area contributed by atoms with Gasteiger partial charge in [-0.15, -0.1) is 0 Å². The first-order valence-corrected chi connectivity index (χ1v) is 6.02. The molecule has 1 aliphatic heterocycles. The Morgan fingerprint density at radius 1 is 1.29 bits per heavy atom. The Morgan fingerprint density at radius 2 is 1.90 bits per heavy atom. The van der Waals surface area contributed by atoms with Gasteiger partial charge in [-0.1, -0.05) is 0 Å². The molecular formula is C13H12F3NO4. The number of likely N-dealkylation sites (tertiary alicyclic amines) is 1. The average molecular weight is 303 g/mol. The average Bonchev–Trinajstić information content (AvgIpc) is 2.39. The zero-order chi connectivity index (χ0) is 15.8. The molecule has 1 saturated heterocycles. The van der Waals surface area contributed by atoms with Crippen molar-refractivity contribution in [2.75, 3.05) is 19.7 Å². The summed E-state index contributed by atoms with van der Waals surface area (Å²) in [6.45, 7) is 1.16. The van der Waals surface area contributed by atoms with E-state index in [1.165, 1.54) is 0 Å². The van der Waals surface area contributed by atoms with E-state index >= 15 is 0 Å². The van der Waals surface area contributed by atoms with Crippen molar-refractivity contribution in [1.82, 2.24) is 4.90 Å². The number of rotatable bonds is 4. The van der Waals surface area contributed by atoms with Crippen molar-refractivity contribution < 1.29 is 32.6 Å². The van der Waals surface area contributed by atoms with Crippen LogP contribution in [0.15, 0.2) is 12.1 Å². The first-order chi connectivity index (χ1) is 9.73. The summed E-state index contributed by atoms with van der Waals surface area (Å²) in [6.07, 6.45) is 0. The number of carboxylic acids is 1. The molecule has 1 N–H and O–H groups in total. The van der Waals surface area contributed by atoms with Crippen LogP contribution in [-0.2, 0) is 9.53 Å². The number of hydrogen-bond donors (Lipinski definition) is 1. The van der Waals surface area contributed by atoms with Crippen LogP contribution in [0.25, 0.3) is 0 Å². The van der Waals surface area contributed by atoms with Gasteiger partial charge in [0.2, 0.25) is 0 Å². The van der Waals surface area contributed by atoms with Gasteiger partial charge in [0.15, 0.2) is 17.5 Å². The first-order valence-electron chi connectivity index (χ1n) is 6.02. The monoisotopic (exact) mass is 303 g/mol. The fourth-order valence-corrected chi connectivity index (χ4v) is 2.09. The molecule has 1 aromatic rings. The quantitative estimate of drug-likeness (QED) is 0.854. The number of halogens is 3. The van der Waals surface area contributed by atoms with Gasteiger partial charge >= 0.3 is 5.97 Å². The van der Waals surface area contributed by atoms with Crippen molar-refractivity contribution in [3.63, 3.8) is 0 Å². The topological polar surface area (TPSA) is 66.8 Å². The van der Waals surface area contributed by atoms with E-state index in [-0.39, 0.29) is 13.1 Å². The van der Waals surface area contributed by atoms with E-state index in [0.717, 1.165) is 11.0 Å². The van der Waals surface area contributed by atoms with E-state index in [1.54, 1.807) is 6.92 Å². The number of nitrogens with zero attached hydrogens (tertiary/aromatic N) is 1. The summed E-state index contributed by atoms with van der Waals surface area (Å²) >= 11 is 0. The van der Waals surface area contributed by atoms with E-state index in [1.807, 2.05) is 0 Å².